The van der Waals surface area contributed by atoms with E-state index in [1.807, 2.05) is 0 Å². The summed E-state index contributed by atoms with van der Waals surface area (Å²) < 4.78 is 4.90. The van der Waals surface area contributed by atoms with E-state index in [1.165, 1.54) is 6.20 Å². The van der Waals surface area contributed by atoms with Crippen molar-refractivity contribution in [2.75, 3.05) is 6.61 Å². The molecule has 1 aromatic heterocycles. The second-order valence-corrected chi connectivity index (χ2v) is 2.16. The molecule has 4 nitrogen and oxygen atoms in total. The summed E-state index contributed by atoms with van der Waals surface area (Å²) in [5.41, 5.74) is 0. The minimum atomic E-state index is -0.259. The van der Waals surface area contributed by atoms with Gasteiger partial charge in [0.25, 0.3) is 0 Å². The van der Waals surface area contributed by atoms with Crippen LogP contribution >= 0.6 is 11.6 Å². The van der Waals surface area contributed by atoms with Crippen LogP contribution in [0.4, 0.5) is 0 Å². The van der Waals surface area contributed by atoms with Crippen LogP contribution in [0.1, 0.15) is 6.92 Å². The van der Waals surface area contributed by atoms with Gasteiger partial charge in [-0.3, -0.25) is 0 Å². The molecule has 0 aliphatic heterocycles. The molecule has 0 saturated carbocycles. The first-order valence-corrected chi connectivity index (χ1v) is 3.46. The van der Waals surface area contributed by atoms with Gasteiger partial charge in [-0.15, -0.1) is 0 Å². The fraction of sp³-hybridized carbons (Fsp3) is 0.333. The van der Waals surface area contributed by atoms with Gasteiger partial charge < -0.3 is 9.84 Å². The molecule has 0 saturated heterocycles. The van der Waals surface area contributed by atoms with Crippen molar-refractivity contribution in [2.45, 2.75) is 6.92 Å². The monoisotopic (exact) mass is 174 g/mol. The van der Waals surface area contributed by atoms with Crippen LogP contribution < -0.4 is 4.74 Å². The van der Waals surface area contributed by atoms with Crippen LogP contribution in [0, 0.1) is 0 Å². The second-order valence-electron chi connectivity index (χ2n) is 1.76. The van der Waals surface area contributed by atoms with Gasteiger partial charge in [-0.25, -0.2) is 4.98 Å². The van der Waals surface area contributed by atoms with Crippen LogP contribution in [0.5, 0.6) is 11.9 Å². The van der Waals surface area contributed by atoms with Crippen molar-refractivity contribution >= 4 is 11.6 Å². The zero-order valence-electron chi connectivity index (χ0n) is 5.91. The summed E-state index contributed by atoms with van der Waals surface area (Å²) in [6.45, 7) is 2.26. The van der Waals surface area contributed by atoms with Crippen LogP contribution in [0.15, 0.2) is 6.20 Å². The Labute approximate surface area is 68.8 Å². The van der Waals surface area contributed by atoms with E-state index in [0.29, 0.717) is 6.61 Å². The molecule has 1 heterocycles. The highest BCUT2D eigenvalue weighted by Gasteiger charge is 2.02. The van der Waals surface area contributed by atoms with Crippen molar-refractivity contribution in [3.63, 3.8) is 0 Å². The predicted molar refractivity (Wildman–Crippen MR) is 39.9 cm³/mol. The van der Waals surface area contributed by atoms with E-state index in [9.17, 15) is 0 Å². The molecule has 0 bridgehead atoms. The first-order valence-electron chi connectivity index (χ1n) is 3.08. The summed E-state index contributed by atoms with van der Waals surface area (Å²) in [4.78, 5) is 7.26. The van der Waals surface area contributed by atoms with E-state index in [2.05, 4.69) is 9.97 Å². The Morgan fingerprint density at radius 1 is 1.73 bits per heavy atom. The highest BCUT2D eigenvalue weighted by atomic mass is 35.5. The molecule has 1 rings (SSSR count). The van der Waals surface area contributed by atoms with Gasteiger partial charge in [-0.1, -0.05) is 11.6 Å². The number of aromatic hydroxyl groups is 1. The van der Waals surface area contributed by atoms with Crippen LogP contribution in [-0.4, -0.2) is 21.7 Å². The van der Waals surface area contributed by atoms with Gasteiger partial charge in [0.2, 0.25) is 5.88 Å². The number of aromatic nitrogens is 2. The van der Waals surface area contributed by atoms with E-state index in [1.54, 1.807) is 6.92 Å². The lowest BCUT2D eigenvalue weighted by Gasteiger charge is -2.00. The van der Waals surface area contributed by atoms with Crippen molar-refractivity contribution in [3.8, 4) is 11.9 Å². The average Bonchev–Trinajstić information content (AvgIpc) is 1.98. The van der Waals surface area contributed by atoms with Gasteiger partial charge in [0.1, 0.15) is 5.02 Å². The molecule has 0 fully saturated rings. The first kappa shape index (κ1) is 8.07. The SMILES string of the molecule is CCOc1ncc(Cl)c(O)n1. The second kappa shape index (κ2) is 3.39. The Morgan fingerprint density at radius 2 is 2.45 bits per heavy atom. The number of nitrogens with zero attached hydrogens (tertiary/aromatic N) is 2. The zero-order chi connectivity index (χ0) is 8.27. The molecule has 0 amide bonds. The van der Waals surface area contributed by atoms with E-state index in [-0.39, 0.29) is 16.9 Å². The highest BCUT2D eigenvalue weighted by molar-refractivity contribution is 6.31. The maximum absolute atomic E-state index is 8.96. The molecule has 1 N–H and O–H groups in total. The Morgan fingerprint density at radius 3 is 3.00 bits per heavy atom. The molecule has 1 aromatic rings. The summed E-state index contributed by atoms with van der Waals surface area (Å²) in [5.74, 6) is -0.259. The minimum absolute atomic E-state index is 0.119. The molecular weight excluding hydrogens is 168 g/mol. The van der Waals surface area contributed by atoms with Crippen molar-refractivity contribution in [1.82, 2.24) is 9.97 Å². The Hall–Kier alpha value is -1.03. The number of ether oxygens (including phenoxy) is 1. The summed E-state index contributed by atoms with van der Waals surface area (Å²) in [6, 6.07) is 0.134. The highest BCUT2D eigenvalue weighted by Crippen LogP contribution is 2.20. The van der Waals surface area contributed by atoms with Crippen molar-refractivity contribution in [1.29, 1.82) is 0 Å². The Balaban J connectivity index is 2.86. The van der Waals surface area contributed by atoms with E-state index >= 15 is 0 Å². The molecule has 11 heavy (non-hydrogen) atoms. The minimum Gasteiger partial charge on any atom is -0.492 e. The third kappa shape index (κ3) is 1.94. The smallest absolute Gasteiger partial charge is 0.319 e. The molecule has 0 atom stereocenters. The van der Waals surface area contributed by atoms with Crippen molar-refractivity contribution < 1.29 is 9.84 Å². The summed E-state index contributed by atoms with van der Waals surface area (Å²) in [5, 5.41) is 9.08. The topological polar surface area (TPSA) is 55.2 Å². The average molecular weight is 175 g/mol. The van der Waals surface area contributed by atoms with Crippen molar-refractivity contribution in [3.05, 3.63) is 11.2 Å². The fourth-order valence-electron chi connectivity index (χ4n) is 0.541. The van der Waals surface area contributed by atoms with E-state index < -0.39 is 0 Å². The molecule has 0 radical (unpaired) electrons. The fourth-order valence-corrected chi connectivity index (χ4v) is 0.632. The Kier molecular flexibility index (Phi) is 2.48. The number of hydrogen-bond donors (Lipinski definition) is 1. The van der Waals surface area contributed by atoms with Gasteiger partial charge in [0, 0.05) is 0 Å². The van der Waals surface area contributed by atoms with Gasteiger partial charge in [0.05, 0.1) is 12.8 Å². The third-order valence-corrected chi connectivity index (χ3v) is 1.24. The number of halogens is 1. The number of hydrogen-bond acceptors (Lipinski definition) is 4. The Bertz CT molecular complexity index is 254. The van der Waals surface area contributed by atoms with E-state index in [4.69, 9.17) is 21.4 Å². The van der Waals surface area contributed by atoms with Gasteiger partial charge >= 0.3 is 6.01 Å². The van der Waals surface area contributed by atoms with Crippen molar-refractivity contribution in [2.24, 2.45) is 0 Å². The lowest BCUT2D eigenvalue weighted by Crippen LogP contribution is -1.96. The molecule has 60 valence electrons. The van der Waals surface area contributed by atoms with Gasteiger partial charge in [-0.2, -0.15) is 4.98 Å². The summed E-state index contributed by atoms with van der Waals surface area (Å²) >= 11 is 5.45. The van der Waals surface area contributed by atoms with Gasteiger partial charge in [0.15, 0.2) is 0 Å². The largest absolute Gasteiger partial charge is 0.492 e. The summed E-state index contributed by atoms with van der Waals surface area (Å²) in [6.07, 6.45) is 1.29. The molecule has 0 aromatic carbocycles. The quantitative estimate of drug-likeness (QED) is 0.733. The zero-order valence-corrected chi connectivity index (χ0v) is 6.67. The molecule has 0 aliphatic rings. The molecule has 0 unspecified atom stereocenters. The lowest BCUT2D eigenvalue weighted by molar-refractivity contribution is 0.305. The van der Waals surface area contributed by atoms with Crippen LogP contribution in [-0.2, 0) is 0 Å². The number of rotatable bonds is 2. The molecule has 0 aliphatic carbocycles. The third-order valence-electron chi connectivity index (χ3n) is 0.977. The summed E-state index contributed by atoms with van der Waals surface area (Å²) in [7, 11) is 0. The maximum atomic E-state index is 8.96. The molecular formula is C6H7ClN2O2. The normalized spacial score (nSPS) is 9.64. The standard InChI is InChI=1S/C6H7ClN2O2/c1-2-11-6-8-3-4(7)5(10)9-6/h3H,2H2,1H3,(H,8,9,10). The molecule has 5 heteroatoms. The van der Waals surface area contributed by atoms with Crippen LogP contribution in [0.25, 0.3) is 0 Å². The van der Waals surface area contributed by atoms with Gasteiger partial charge in [-0.05, 0) is 6.92 Å². The van der Waals surface area contributed by atoms with Crippen LogP contribution in [0.3, 0.4) is 0 Å². The van der Waals surface area contributed by atoms with E-state index in [0.717, 1.165) is 0 Å². The molecule has 0 spiro atoms. The maximum Gasteiger partial charge on any atom is 0.319 e. The first-order chi connectivity index (χ1) is 5.24. The van der Waals surface area contributed by atoms with Crippen LogP contribution in [0.2, 0.25) is 5.02 Å². The lowest BCUT2D eigenvalue weighted by atomic mass is 10.6. The predicted octanol–water partition coefficient (Wildman–Crippen LogP) is 1.23.